The van der Waals surface area contributed by atoms with Crippen LogP contribution in [0.15, 0.2) is 16.6 Å². The zero-order chi connectivity index (χ0) is 9.14. The second-order valence-corrected chi connectivity index (χ2v) is 3.15. The molecule has 4 heteroatoms. The quantitative estimate of drug-likeness (QED) is 0.804. The molecule has 1 aromatic carbocycles. The molecule has 0 aromatic heterocycles. The van der Waals surface area contributed by atoms with E-state index in [1.54, 1.807) is 0 Å². The molecule has 0 saturated heterocycles. The Hall–Kier alpha value is -1.08. The molecule has 0 bridgehead atoms. The SMILES string of the molecule is N#CCc1cc(Br)cc(O)c1F. The van der Waals surface area contributed by atoms with Gasteiger partial charge in [0.15, 0.2) is 11.6 Å². The van der Waals surface area contributed by atoms with E-state index in [0.29, 0.717) is 4.47 Å². The van der Waals surface area contributed by atoms with E-state index in [9.17, 15) is 4.39 Å². The first kappa shape index (κ1) is 9.01. The molecule has 0 heterocycles. The molecule has 2 nitrogen and oxygen atoms in total. The zero-order valence-corrected chi connectivity index (χ0v) is 7.60. The van der Waals surface area contributed by atoms with Crippen LogP contribution in [0.1, 0.15) is 5.56 Å². The van der Waals surface area contributed by atoms with Crippen LogP contribution in [0.25, 0.3) is 0 Å². The van der Waals surface area contributed by atoms with Gasteiger partial charge in [-0.2, -0.15) is 5.26 Å². The first-order valence-electron chi connectivity index (χ1n) is 3.19. The number of nitriles is 1. The fraction of sp³-hybridized carbons (Fsp3) is 0.125. The number of hydrogen-bond donors (Lipinski definition) is 1. The van der Waals surface area contributed by atoms with Crippen molar-refractivity contribution in [1.82, 2.24) is 0 Å². The molecule has 1 aromatic rings. The van der Waals surface area contributed by atoms with Crippen LogP contribution in [0.4, 0.5) is 4.39 Å². The average molecular weight is 230 g/mol. The maximum atomic E-state index is 12.9. The predicted molar refractivity (Wildman–Crippen MR) is 45.1 cm³/mol. The summed E-state index contributed by atoms with van der Waals surface area (Å²) >= 11 is 3.08. The van der Waals surface area contributed by atoms with Crippen molar-refractivity contribution in [3.8, 4) is 11.8 Å². The summed E-state index contributed by atoms with van der Waals surface area (Å²) in [5, 5.41) is 17.3. The molecule has 12 heavy (non-hydrogen) atoms. The van der Waals surface area contributed by atoms with E-state index in [1.807, 2.05) is 6.07 Å². The van der Waals surface area contributed by atoms with Crippen molar-refractivity contribution in [2.45, 2.75) is 6.42 Å². The molecule has 1 rings (SSSR count). The minimum atomic E-state index is -0.722. The monoisotopic (exact) mass is 229 g/mol. The van der Waals surface area contributed by atoms with Gasteiger partial charge in [0.05, 0.1) is 12.5 Å². The van der Waals surface area contributed by atoms with E-state index >= 15 is 0 Å². The summed E-state index contributed by atoms with van der Waals surface area (Å²) in [5.41, 5.74) is 0.198. The summed E-state index contributed by atoms with van der Waals surface area (Å²) in [6, 6.07) is 4.52. The molecule has 62 valence electrons. The summed E-state index contributed by atoms with van der Waals surface area (Å²) in [5.74, 6) is -1.16. The van der Waals surface area contributed by atoms with E-state index < -0.39 is 11.6 Å². The molecule has 1 N–H and O–H groups in total. The number of halogens is 2. The van der Waals surface area contributed by atoms with Crippen LogP contribution in [0.5, 0.6) is 5.75 Å². The molecular weight excluding hydrogens is 225 g/mol. The molecule has 0 aliphatic rings. The molecule has 0 unspecified atom stereocenters. The van der Waals surface area contributed by atoms with Crippen LogP contribution in [-0.4, -0.2) is 5.11 Å². The summed E-state index contributed by atoms with van der Waals surface area (Å²) in [6.07, 6.45) is -0.0428. The smallest absolute Gasteiger partial charge is 0.169 e. The fourth-order valence-corrected chi connectivity index (χ4v) is 1.34. The number of rotatable bonds is 1. The number of phenols is 1. The number of hydrogen-bond acceptors (Lipinski definition) is 2. The molecule has 0 fully saturated rings. The molecule has 0 spiro atoms. The lowest BCUT2D eigenvalue weighted by molar-refractivity contribution is 0.429. The summed E-state index contributed by atoms with van der Waals surface area (Å²) in [6.45, 7) is 0. The van der Waals surface area contributed by atoms with E-state index in [-0.39, 0.29) is 12.0 Å². The van der Waals surface area contributed by atoms with Crippen LogP contribution in [-0.2, 0) is 6.42 Å². The van der Waals surface area contributed by atoms with Gasteiger partial charge in [0, 0.05) is 10.0 Å². The van der Waals surface area contributed by atoms with Gasteiger partial charge in [-0.15, -0.1) is 0 Å². The Morgan fingerprint density at radius 2 is 2.25 bits per heavy atom. The number of benzene rings is 1. The third kappa shape index (κ3) is 1.74. The topological polar surface area (TPSA) is 44.0 Å². The molecular formula is C8H5BrFNO. The van der Waals surface area contributed by atoms with Crippen LogP contribution in [0.3, 0.4) is 0 Å². The standard InChI is InChI=1S/C8H5BrFNO/c9-6-3-5(1-2-11)8(10)7(12)4-6/h3-4,12H,1H2. The second-order valence-electron chi connectivity index (χ2n) is 2.23. The normalized spacial score (nSPS) is 9.42. The lowest BCUT2D eigenvalue weighted by Gasteiger charge is -2.01. The van der Waals surface area contributed by atoms with Gasteiger partial charge >= 0.3 is 0 Å². The lowest BCUT2D eigenvalue weighted by Crippen LogP contribution is -1.89. The fourth-order valence-electron chi connectivity index (χ4n) is 0.844. The average Bonchev–Trinajstić information content (AvgIpc) is 2.00. The summed E-state index contributed by atoms with van der Waals surface area (Å²) in [4.78, 5) is 0. The summed E-state index contributed by atoms with van der Waals surface area (Å²) < 4.78 is 13.5. The van der Waals surface area contributed by atoms with Crippen molar-refractivity contribution >= 4 is 15.9 Å². The van der Waals surface area contributed by atoms with Gasteiger partial charge in [0.1, 0.15) is 0 Å². The van der Waals surface area contributed by atoms with Crippen molar-refractivity contribution in [3.05, 3.63) is 28.0 Å². The zero-order valence-electron chi connectivity index (χ0n) is 6.01. The van der Waals surface area contributed by atoms with Gasteiger partial charge in [-0.05, 0) is 12.1 Å². The van der Waals surface area contributed by atoms with Gasteiger partial charge in [0.2, 0.25) is 0 Å². The van der Waals surface area contributed by atoms with Crippen molar-refractivity contribution < 1.29 is 9.50 Å². The molecule has 0 saturated carbocycles. The van der Waals surface area contributed by atoms with Crippen molar-refractivity contribution in [2.24, 2.45) is 0 Å². The highest BCUT2D eigenvalue weighted by Crippen LogP contribution is 2.25. The van der Waals surface area contributed by atoms with Crippen molar-refractivity contribution in [2.75, 3.05) is 0 Å². The minimum absolute atomic E-state index is 0.0428. The van der Waals surface area contributed by atoms with E-state index in [4.69, 9.17) is 10.4 Å². The molecule has 0 amide bonds. The number of aromatic hydroxyl groups is 1. The Balaban J connectivity index is 3.20. The van der Waals surface area contributed by atoms with Gasteiger partial charge < -0.3 is 5.11 Å². The van der Waals surface area contributed by atoms with E-state index in [0.717, 1.165) is 0 Å². The Bertz CT molecular complexity index is 346. The number of phenolic OH excluding ortho intramolecular Hbond substituents is 1. The van der Waals surface area contributed by atoms with Gasteiger partial charge in [-0.3, -0.25) is 0 Å². The van der Waals surface area contributed by atoms with Gasteiger partial charge in [-0.1, -0.05) is 15.9 Å². The lowest BCUT2D eigenvalue weighted by atomic mass is 10.1. The Morgan fingerprint density at radius 1 is 1.58 bits per heavy atom. The third-order valence-corrected chi connectivity index (χ3v) is 1.82. The highest BCUT2D eigenvalue weighted by atomic mass is 79.9. The van der Waals surface area contributed by atoms with Gasteiger partial charge in [0.25, 0.3) is 0 Å². The van der Waals surface area contributed by atoms with Gasteiger partial charge in [-0.25, -0.2) is 4.39 Å². The molecule has 0 radical (unpaired) electrons. The third-order valence-electron chi connectivity index (χ3n) is 1.36. The van der Waals surface area contributed by atoms with Crippen LogP contribution in [0, 0.1) is 17.1 Å². The van der Waals surface area contributed by atoms with Crippen LogP contribution >= 0.6 is 15.9 Å². The number of nitrogens with zero attached hydrogens (tertiary/aromatic N) is 1. The molecule has 0 aliphatic carbocycles. The Morgan fingerprint density at radius 3 is 2.83 bits per heavy atom. The van der Waals surface area contributed by atoms with Crippen LogP contribution < -0.4 is 0 Å². The first-order chi connectivity index (χ1) is 5.65. The van der Waals surface area contributed by atoms with Crippen molar-refractivity contribution in [3.63, 3.8) is 0 Å². The maximum Gasteiger partial charge on any atom is 0.169 e. The summed E-state index contributed by atoms with van der Waals surface area (Å²) in [7, 11) is 0. The van der Waals surface area contributed by atoms with Crippen LogP contribution in [0.2, 0.25) is 0 Å². The molecule has 0 aliphatic heterocycles. The minimum Gasteiger partial charge on any atom is -0.505 e. The predicted octanol–water partition coefficient (Wildman–Crippen LogP) is 2.36. The Kier molecular flexibility index (Phi) is 2.66. The highest BCUT2D eigenvalue weighted by molar-refractivity contribution is 9.10. The highest BCUT2D eigenvalue weighted by Gasteiger charge is 2.08. The maximum absolute atomic E-state index is 12.9. The van der Waals surface area contributed by atoms with E-state index in [1.165, 1.54) is 12.1 Å². The Labute approximate surface area is 77.4 Å². The second kappa shape index (κ2) is 3.55. The van der Waals surface area contributed by atoms with Crippen molar-refractivity contribution in [1.29, 1.82) is 5.26 Å². The first-order valence-corrected chi connectivity index (χ1v) is 3.98. The van der Waals surface area contributed by atoms with E-state index in [2.05, 4.69) is 15.9 Å². The molecule has 0 atom stereocenters. The largest absolute Gasteiger partial charge is 0.505 e.